The first-order valence-electron chi connectivity index (χ1n) is 7.69. The number of aromatic nitrogens is 2. The monoisotopic (exact) mass is 338 g/mol. The first kappa shape index (κ1) is 17.4. The molecule has 0 spiro atoms. The van der Waals surface area contributed by atoms with E-state index in [1.165, 1.54) is 17.6 Å². The molecule has 0 aromatic carbocycles. The number of aryl methyl sites for hydroxylation is 1. The average Bonchev–Trinajstić information content (AvgIpc) is 3.16. The molecule has 0 radical (unpaired) electrons. The highest BCUT2D eigenvalue weighted by atomic mass is 32.1. The van der Waals surface area contributed by atoms with Gasteiger partial charge in [0.25, 0.3) is 0 Å². The quantitative estimate of drug-likeness (QED) is 0.686. The Morgan fingerprint density at radius 2 is 2.30 bits per heavy atom. The van der Waals surface area contributed by atoms with Crippen molar-refractivity contribution in [3.8, 4) is 0 Å². The van der Waals surface area contributed by atoms with E-state index >= 15 is 0 Å². The maximum atomic E-state index is 11.9. The number of amides is 2. The number of furan rings is 1. The predicted molar refractivity (Wildman–Crippen MR) is 88.4 cm³/mol. The van der Waals surface area contributed by atoms with E-state index in [0.29, 0.717) is 17.3 Å². The van der Waals surface area contributed by atoms with Crippen molar-refractivity contribution in [3.05, 3.63) is 29.2 Å². The Balaban J connectivity index is 1.76. The smallest absolute Gasteiger partial charge is 0.321 e. The first-order valence-corrected chi connectivity index (χ1v) is 8.51. The topological polar surface area (TPSA) is 100 Å². The average molecular weight is 338 g/mol. The zero-order valence-electron chi connectivity index (χ0n) is 13.3. The van der Waals surface area contributed by atoms with Gasteiger partial charge in [0.2, 0.25) is 5.13 Å². The predicted octanol–water partition coefficient (Wildman–Crippen LogP) is 3.11. The van der Waals surface area contributed by atoms with Crippen molar-refractivity contribution in [3.63, 3.8) is 0 Å². The van der Waals surface area contributed by atoms with Crippen LogP contribution < -0.4 is 10.6 Å². The maximum Gasteiger partial charge on any atom is 0.321 e. The number of carbonyl (C=O) groups is 1. The van der Waals surface area contributed by atoms with Gasteiger partial charge in [0.05, 0.1) is 6.26 Å². The number of anilines is 1. The van der Waals surface area contributed by atoms with Gasteiger partial charge in [0, 0.05) is 18.9 Å². The summed E-state index contributed by atoms with van der Waals surface area (Å²) >= 11 is 1.38. The van der Waals surface area contributed by atoms with E-state index in [0.717, 1.165) is 24.3 Å². The van der Waals surface area contributed by atoms with Gasteiger partial charge in [-0.25, -0.2) is 4.79 Å². The van der Waals surface area contributed by atoms with Gasteiger partial charge in [-0.05, 0) is 25.5 Å². The van der Waals surface area contributed by atoms with Crippen LogP contribution in [0.25, 0.3) is 0 Å². The van der Waals surface area contributed by atoms with Gasteiger partial charge in [0.15, 0.2) is 0 Å². The fourth-order valence-corrected chi connectivity index (χ4v) is 2.86. The van der Waals surface area contributed by atoms with Crippen LogP contribution in [0.2, 0.25) is 0 Å². The van der Waals surface area contributed by atoms with E-state index in [4.69, 9.17) is 4.42 Å². The summed E-state index contributed by atoms with van der Waals surface area (Å²) in [6, 6.07) is 2.84. The lowest BCUT2D eigenvalue weighted by molar-refractivity contribution is 0.130. The minimum Gasteiger partial charge on any atom is -0.467 e. The second-order valence-electron chi connectivity index (χ2n) is 5.37. The largest absolute Gasteiger partial charge is 0.467 e. The van der Waals surface area contributed by atoms with Gasteiger partial charge in [-0.3, -0.25) is 5.32 Å². The highest BCUT2D eigenvalue weighted by Crippen LogP contribution is 2.19. The van der Waals surface area contributed by atoms with Crippen LogP contribution in [0.4, 0.5) is 9.93 Å². The third-order valence-corrected chi connectivity index (χ3v) is 4.16. The SMILES string of the molecule is CCCCc1nnc(NC(=O)N[C@@H](C)C[C@H](O)c2ccco2)s1. The summed E-state index contributed by atoms with van der Waals surface area (Å²) < 4.78 is 5.14. The first-order chi connectivity index (χ1) is 11.1. The van der Waals surface area contributed by atoms with Gasteiger partial charge in [0.1, 0.15) is 16.9 Å². The molecule has 0 aliphatic rings. The number of urea groups is 1. The van der Waals surface area contributed by atoms with Crippen LogP contribution in [0.5, 0.6) is 0 Å². The van der Waals surface area contributed by atoms with Gasteiger partial charge in [-0.2, -0.15) is 0 Å². The molecule has 23 heavy (non-hydrogen) atoms. The molecule has 2 aromatic rings. The molecule has 0 saturated heterocycles. The van der Waals surface area contributed by atoms with Crippen molar-refractivity contribution in [2.75, 3.05) is 5.32 Å². The number of nitrogens with zero attached hydrogens (tertiary/aromatic N) is 2. The third kappa shape index (κ3) is 5.65. The van der Waals surface area contributed by atoms with Crippen LogP contribution in [-0.4, -0.2) is 27.4 Å². The summed E-state index contributed by atoms with van der Waals surface area (Å²) in [6.07, 6.45) is 4.15. The summed E-state index contributed by atoms with van der Waals surface area (Å²) in [5.41, 5.74) is 0. The molecule has 8 heteroatoms. The van der Waals surface area contributed by atoms with Crippen LogP contribution in [0.3, 0.4) is 0 Å². The van der Waals surface area contributed by atoms with E-state index in [1.807, 2.05) is 6.92 Å². The molecule has 7 nitrogen and oxygen atoms in total. The highest BCUT2D eigenvalue weighted by molar-refractivity contribution is 7.15. The van der Waals surface area contributed by atoms with E-state index in [-0.39, 0.29) is 12.1 Å². The number of carbonyl (C=O) groups excluding carboxylic acids is 1. The molecule has 3 N–H and O–H groups in total. The number of rotatable bonds is 8. The molecule has 0 aliphatic carbocycles. The Kier molecular flexibility index (Phi) is 6.54. The second kappa shape index (κ2) is 8.64. The standard InChI is InChI=1S/C15H22N4O3S/c1-3-4-7-13-18-19-15(23-13)17-14(21)16-10(2)9-11(20)12-6-5-8-22-12/h5-6,8,10-11,20H,3-4,7,9H2,1-2H3,(H2,16,17,19,21)/t10-,11-/m0/s1. The zero-order chi connectivity index (χ0) is 16.7. The molecule has 0 unspecified atom stereocenters. The van der Waals surface area contributed by atoms with Crippen LogP contribution in [-0.2, 0) is 6.42 Å². The Morgan fingerprint density at radius 3 is 3.00 bits per heavy atom. The molecule has 0 saturated carbocycles. The zero-order valence-corrected chi connectivity index (χ0v) is 14.1. The molecular formula is C15H22N4O3S. The normalized spacial score (nSPS) is 13.5. The van der Waals surface area contributed by atoms with Gasteiger partial charge < -0.3 is 14.8 Å². The van der Waals surface area contributed by atoms with Crippen molar-refractivity contribution in [1.29, 1.82) is 0 Å². The van der Waals surface area contributed by atoms with Crippen molar-refractivity contribution >= 4 is 22.5 Å². The third-order valence-electron chi connectivity index (χ3n) is 3.26. The summed E-state index contributed by atoms with van der Waals surface area (Å²) in [4.78, 5) is 11.9. The van der Waals surface area contributed by atoms with Crippen LogP contribution >= 0.6 is 11.3 Å². The number of aliphatic hydroxyl groups excluding tert-OH is 1. The lowest BCUT2D eigenvalue weighted by Crippen LogP contribution is -2.37. The maximum absolute atomic E-state index is 11.9. The molecule has 0 fully saturated rings. The Morgan fingerprint density at radius 1 is 1.48 bits per heavy atom. The van der Waals surface area contributed by atoms with Gasteiger partial charge in [-0.15, -0.1) is 10.2 Å². The fourth-order valence-electron chi connectivity index (χ4n) is 2.08. The Bertz CT molecular complexity index is 600. The van der Waals surface area contributed by atoms with E-state index < -0.39 is 6.10 Å². The van der Waals surface area contributed by atoms with Gasteiger partial charge >= 0.3 is 6.03 Å². The van der Waals surface area contributed by atoms with Crippen LogP contribution in [0, 0.1) is 0 Å². The summed E-state index contributed by atoms with van der Waals surface area (Å²) in [6.45, 7) is 3.94. The molecule has 0 bridgehead atoms. The van der Waals surface area contributed by atoms with E-state index in [1.54, 1.807) is 12.1 Å². The molecule has 126 valence electrons. The molecular weight excluding hydrogens is 316 g/mol. The highest BCUT2D eigenvalue weighted by Gasteiger charge is 2.17. The number of nitrogens with one attached hydrogen (secondary N) is 2. The van der Waals surface area contributed by atoms with Crippen molar-refractivity contribution in [2.24, 2.45) is 0 Å². The number of hydrogen-bond acceptors (Lipinski definition) is 6. The lowest BCUT2D eigenvalue weighted by atomic mass is 10.1. The minimum atomic E-state index is -0.748. The Labute approximate surface area is 139 Å². The summed E-state index contributed by atoms with van der Waals surface area (Å²) in [5, 5.41) is 24.8. The molecule has 0 aliphatic heterocycles. The van der Waals surface area contributed by atoms with Crippen molar-refractivity contribution in [1.82, 2.24) is 15.5 Å². The van der Waals surface area contributed by atoms with E-state index in [9.17, 15) is 9.90 Å². The van der Waals surface area contributed by atoms with Gasteiger partial charge in [-0.1, -0.05) is 24.7 Å². The Hall–Kier alpha value is -1.93. The number of unbranched alkanes of at least 4 members (excludes halogenated alkanes) is 1. The molecule has 2 aromatic heterocycles. The second-order valence-corrected chi connectivity index (χ2v) is 6.43. The molecule has 2 atom stereocenters. The molecule has 2 amide bonds. The minimum absolute atomic E-state index is 0.220. The number of aliphatic hydroxyl groups is 1. The molecule has 2 heterocycles. The number of hydrogen-bond donors (Lipinski definition) is 3. The summed E-state index contributed by atoms with van der Waals surface area (Å²) in [5.74, 6) is 0.490. The fraction of sp³-hybridized carbons (Fsp3) is 0.533. The van der Waals surface area contributed by atoms with Crippen molar-refractivity contribution < 1.29 is 14.3 Å². The summed E-state index contributed by atoms with van der Waals surface area (Å²) in [7, 11) is 0. The lowest BCUT2D eigenvalue weighted by Gasteiger charge is -2.16. The van der Waals surface area contributed by atoms with E-state index in [2.05, 4.69) is 27.8 Å². The molecule has 2 rings (SSSR count). The van der Waals surface area contributed by atoms with Crippen LogP contribution in [0.15, 0.2) is 22.8 Å². The van der Waals surface area contributed by atoms with Crippen molar-refractivity contribution in [2.45, 2.75) is 51.7 Å². The van der Waals surface area contributed by atoms with Crippen LogP contribution in [0.1, 0.15) is 50.0 Å².